The van der Waals surface area contributed by atoms with Crippen molar-refractivity contribution in [1.82, 2.24) is 9.97 Å². The maximum absolute atomic E-state index is 11.3. The van der Waals surface area contributed by atoms with Gasteiger partial charge in [0.05, 0.1) is 4.92 Å². The lowest BCUT2D eigenvalue weighted by Gasteiger charge is -2.23. The van der Waals surface area contributed by atoms with Gasteiger partial charge < -0.3 is 10.3 Å². The van der Waals surface area contributed by atoms with Gasteiger partial charge in [-0.2, -0.15) is 11.8 Å². The highest BCUT2D eigenvalue weighted by molar-refractivity contribution is 8.00. The topological polar surface area (TPSA) is 110 Å². The van der Waals surface area contributed by atoms with E-state index >= 15 is 0 Å². The van der Waals surface area contributed by atoms with E-state index in [-0.39, 0.29) is 16.3 Å². The second-order valence-corrected chi connectivity index (χ2v) is 6.94. The first kappa shape index (κ1) is 14.8. The van der Waals surface area contributed by atoms with E-state index in [4.69, 9.17) is 5.84 Å². The SMILES string of the molecule is CC1(C)CCN(c2ncnc(NN)c2[N+](=O)[O-])CCS1. The van der Waals surface area contributed by atoms with Crippen molar-refractivity contribution in [3.63, 3.8) is 0 Å². The van der Waals surface area contributed by atoms with Gasteiger partial charge in [0.25, 0.3) is 0 Å². The molecule has 1 aromatic heterocycles. The number of thioether (sulfide) groups is 1. The Balaban J connectivity index is 2.35. The number of nitrogens with one attached hydrogen (secondary N) is 1. The van der Waals surface area contributed by atoms with Crippen molar-refractivity contribution in [2.24, 2.45) is 5.84 Å². The van der Waals surface area contributed by atoms with Gasteiger partial charge in [0.15, 0.2) is 0 Å². The largest absolute Gasteiger partial charge is 0.354 e. The highest BCUT2D eigenvalue weighted by Crippen LogP contribution is 2.36. The second kappa shape index (κ2) is 5.80. The number of nitrogens with zero attached hydrogens (tertiary/aromatic N) is 4. The summed E-state index contributed by atoms with van der Waals surface area (Å²) in [6, 6.07) is 0. The van der Waals surface area contributed by atoms with Gasteiger partial charge in [0, 0.05) is 23.6 Å². The zero-order valence-electron chi connectivity index (χ0n) is 11.5. The Bertz CT molecular complexity index is 510. The van der Waals surface area contributed by atoms with Crippen molar-refractivity contribution < 1.29 is 4.92 Å². The molecule has 0 aliphatic carbocycles. The molecular formula is C11H18N6O2S. The monoisotopic (exact) mass is 298 g/mol. The first-order valence-electron chi connectivity index (χ1n) is 6.29. The number of hydrogen-bond donors (Lipinski definition) is 2. The Hall–Kier alpha value is -1.61. The summed E-state index contributed by atoms with van der Waals surface area (Å²) in [4.78, 5) is 20.6. The molecule has 0 aromatic carbocycles. The van der Waals surface area contributed by atoms with Gasteiger partial charge >= 0.3 is 5.69 Å². The summed E-state index contributed by atoms with van der Waals surface area (Å²) in [5.74, 6) is 6.56. The molecule has 0 bridgehead atoms. The summed E-state index contributed by atoms with van der Waals surface area (Å²) >= 11 is 1.87. The van der Waals surface area contributed by atoms with Crippen LogP contribution >= 0.6 is 11.8 Å². The maximum Gasteiger partial charge on any atom is 0.354 e. The summed E-state index contributed by atoms with van der Waals surface area (Å²) in [5, 5.41) is 11.3. The number of nitrogen functional groups attached to an aromatic ring is 1. The summed E-state index contributed by atoms with van der Waals surface area (Å²) < 4.78 is 0.172. The van der Waals surface area contributed by atoms with Crippen LogP contribution in [0.25, 0.3) is 0 Å². The molecule has 0 amide bonds. The van der Waals surface area contributed by atoms with E-state index < -0.39 is 4.92 Å². The molecule has 8 nitrogen and oxygen atoms in total. The zero-order chi connectivity index (χ0) is 14.8. The first-order valence-corrected chi connectivity index (χ1v) is 7.28. The van der Waals surface area contributed by atoms with Gasteiger partial charge in [-0.3, -0.25) is 10.1 Å². The fourth-order valence-corrected chi connectivity index (χ4v) is 3.21. The third kappa shape index (κ3) is 3.10. The fourth-order valence-electron chi connectivity index (χ4n) is 2.11. The molecule has 2 rings (SSSR count). The van der Waals surface area contributed by atoms with Crippen molar-refractivity contribution in [1.29, 1.82) is 0 Å². The average molecular weight is 298 g/mol. The predicted molar refractivity (Wildman–Crippen MR) is 79.9 cm³/mol. The number of hydrazine groups is 1. The maximum atomic E-state index is 11.3. The van der Waals surface area contributed by atoms with Crippen LogP contribution in [0, 0.1) is 10.1 Å². The highest BCUT2D eigenvalue weighted by atomic mass is 32.2. The molecule has 1 saturated heterocycles. The molecule has 2 heterocycles. The van der Waals surface area contributed by atoms with Crippen LogP contribution in [0.5, 0.6) is 0 Å². The molecule has 0 atom stereocenters. The molecular weight excluding hydrogens is 280 g/mol. The van der Waals surface area contributed by atoms with E-state index in [2.05, 4.69) is 29.2 Å². The molecule has 20 heavy (non-hydrogen) atoms. The lowest BCUT2D eigenvalue weighted by molar-refractivity contribution is -0.383. The van der Waals surface area contributed by atoms with Crippen LogP contribution in [0.1, 0.15) is 20.3 Å². The van der Waals surface area contributed by atoms with E-state index in [0.717, 1.165) is 25.3 Å². The fraction of sp³-hybridized carbons (Fsp3) is 0.636. The van der Waals surface area contributed by atoms with Gasteiger partial charge in [-0.05, 0) is 6.42 Å². The summed E-state index contributed by atoms with van der Waals surface area (Å²) in [6.07, 6.45) is 2.23. The summed E-state index contributed by atoms with van der Waals surface area (Å²) in [7, 11) is 0. The Kier molecular flexibility index (Phi) is 4.29. The van der Waals surface area contributed by atoms with Crippen LogP contribution in [0.2, 0.25) is 0 Å². The van der Waals surface area contributed by atoms with Crippen LogP contribution in [0.3, 0.4) is 0 Å². The van der Waals surface area contributed by atoms with Crippen molar-refractivity contribution in [3.8, 4) is 0 Å². The van der Waals surface area contributed by atoms with Crippen LogP contribution < -0.4 is 16.2 Å². The van der Waals surface area contributed by atoms with Crippen LogP contribution in [-0.2, 0) is 0 Å². The molecule has 9 heteroatoms. The molecule has 1 aliphatic heterocycles. The van der Waals surface area contributed by atoms with E-state index in [1.165, 1.54) is 6.33 Å². The number of hydrogen-bond acceptors (Lipinski definition) is 8. The van der Waals surface area contributed by atoms with E-state index in [1.807, 2.05) is 16.7 Å². The number of anilines is 2. The average Bonchev–Trinajstić information content (AvgIpc) is 2.58. The van der Waals surface area contributed by atoms with Crippen LogP contribution in [-0.4, -0.2) is 38.5 Å². The highest BCUT2D eigenvalue weighted by Gasteiger charge is 2.30. The number of aromatic nitrogens is 2. The lowest BCUT2D eigenvalue weighted by atomic mass is 10.1. The molecule has 1 aromatic rings. The Morgan fingerprint density at radius 2 is 2.25 bits per heavy atom. The van der Waals surface area contributed by atoms with Gasteiger partial charge in [-0.25, -0.2) is 15.8 Å². The van der Waals surface area contributed by atoms with Crippen LogP contribution in [0.4, 0.5) is 17.3 Å². The molecule has 110 valence electrons. The Morgan fingerprint density at radius 3 is 2.90 bits per heavy atom. The zero-order valence-corrected chi connectivity index (χ0v) is 12.3. The molecule has 3 N–H and O–H groups in total. The third-order valence-corrected chi connectivity index (χ3v) is 4.63. The van der Waals surface area contributed by atoms with Gasteiger partial charge in [-0.15, -0.1) is 0 Å². The minimum atomic E-state index is -0.492. The van der Waals surface area contributed by atoms with Crippen molar-refractivity contribution in [2.75, 3.05) is 29.2 Å². The van der Waals surface area contributed by atoms with Gasteiger partial charge in [0.1, 0.15) is 6.33 Å². The second-order valence-electron chi connectivity index (χ2n) is 5.14. The van der Waals surface area contributed by atoms with E-state index in [1.54, 1.807) is 0 Å². The summed E-state index contributed by atoms with van der Waals surface area (Å²) in [5.41, 5.74) is 2.10. The third-order valence-electron chi connectivity index (χ3n) is 3.26. The first-order chi connectivity index (χ1) is 9.44. The molecule has 0 radical (unpaired) electrons. The number of rotatable bonds is 3. The Morgan fingerprint density at radius 1 is 1.50 bits per heavy atom. The van der Waals surface area contributed by atoms with Crippen LogP contribution in [0.15, 0.2) is 6.33 Å². The number of nitrogens with two attached hydrogens (primary N) is 1. The molecule has 0 saturated carbocycles. The van der Waals surface area contributed by atoms with E-state index in [9.17, 15) is 10.1 Å². The smallest absolute Gasteiger partial charge is 0.350 e. The molecule has 1 aliphatic rings. The normalized spacial score (nSPS) is 18.4. The molecule has 0 unspecified atom stereocenters. The van der Waals surface area contributed by atoms with Crippen molar-refractivity contribution in [3.05, 3.63) is 16.4 Å². The quantitative estimate of drug-likeness (QED) is 0.489. The molecule has 0 spiro atoms. The van der Waals surface area contributed by atoms with Crippen molar-refractivity contribution >= 4 is 29.1 Å². The van der Waals surface area contributed by atoms with Crippen molar-refractivity contribution in [2.45, 2.75) is 25.0 Å². The standard InChI is InChI=1S/C11H18N6O2S/c1-11(2)3-4-16(5-6-20-11)10-8(17(18)19)9(15-12)13-7-14-10/h7H,3-6,12H2,1-2H3,(H,13,14,15). The van der Waals surface area contributed by atoms with Gasteiger partial charge in [0.2, 0.25) is 11.6 Å². The van der Waals surface area contributed by atoms with Gasteiger partial charge in [-0.1, -0.05) is 13.8 Å². The minimum absolute atomic E-state index is 0.0381. The van der Waals surface area contributed by atoms with E-state index in [0.29, 0.717) is 5.82 Å². The summed E-state index contributed by atoms with van der Waals surface area (Å²) in [6.45, 7) is 5.81. The molecule has 1 fully saturated rings. The predicted octanol–water partition coefficient (Wildman–Crippen LogP) is 1.39. The lowest BCUT2D eigenvalue weighted by Crippen LogP contribution is -2.29. The minimum Gasteiger partial charge on any atom is -0.350 e. The number of nitro groups is 1. The Labute approximate surface area is 121 Å².